The second kappa shape index (κ2) is 7.38. The maximum absolute atomic E-state index is 5.20. The molecule has 3 nitrogen and oxygen atoms in total. The Labute approximate surface area is 122 Å². The van der Waals surface area contributed by atoms with Crippen LogP contribution in [0, 0.1) is 0 Å². The summed E-state index contributed by atoms with van der Waals surface area (Å²) >= 11 is 3.38. The number of aromatic nitrogens is 1. The predicted molar refractivity (Wildman–Crippen MR) is 79.6 cm³/mol. The van der Waals surface area contributed by atoms with Crippen LogP contribution in [-0.2, 0) is 24.4 Å². The Morgan fingerprint density at radius 2 is 1.89 bits per heavy atom. The summed E-state index contributed by atoms with van der Waals surface area (Å²) < 4.78 is 6.20. The van der Waals surface area contributed by atoms with Crippen molar-refractivity contribution >= 4 is 15.9 Å². The van der Waals surface area contributed by atoms with Crippen molar-refractivity contribution < 1.29 is 4.74 Å². The van der Waals surface area contributed by atoms with Gasteiger partial charge in [0.15, 0.2) is 0 Å². The lowest BCUT2D eigenvalue weighted by molar-refractivity contribution is 0.184. The molecular weight excluding hydrogens is 304 g/mol. The van der Waals surface area contributed by atoms with Gasteiger partial charge in [-0.05, 0) is 39.2 Å². The maximum Gasteiger partial charge on any atom is 0.0716 e. The Kier molecular flexibility index (Phi) is 5.51. The molecule has 2 aromatic rings. The molecule has 0 amide bonds. The molecule has 4 heteroatoms. The minimum Gasteiger partial charge on any atom is -0.380 e. The largest absolute Gasteiger partial charge is 0.380 e. The molecule has 2 rings (SSSR count). The number of nitrogens with zero attached hydrogens (tertiary/aromatic N) is 1. The number of benzene rings is 1. The molecule has 0 aliphatic carbocycles. The van der Waals surface area contributed by atoms with Gasteiger partial charge in [-0.15, -0.1) is 0 Å². The number of hydrogen-bond donors (Lipinski definition) is 1. The summed E-state index contributed by atoms with van der Waals surface area (Å²) in [6.07, 6.45) is 1.82. The molecule has 0 atom stereocenters. The third kappa shape index (κ3) is 4.42. The number of hydrogen-bond acceptors (Lipinski definition) is 3. The van der Waals surface area contributed by atoms with E-state index in [9.17, 15) is 0 Å². The zero-order valence-corrected chi connectivity index (χ0v) is 12.5. The van der Waals surface area contributed by atoms with Crippen LogP contribution >= 0.6 is 15.9 Å². The zero-order chi connectivity index (χ0) is 13.5. The van der Waals surface area contributed by atoms with Crippen molar-refractivity contribution in [2.45, 2.75) is 19.7 Å². The van der Waals surface area contributed by atoms with Gasteiger partial charge in [0.05, 0.1) is 12.3 Å². The normalized spacial score (nSPS) is 10.6. The molecule has 0 radical (unpaired) electrons. The monoisotopic (exact) mass is 320 g/mol. The lowest BCUT2D eigenvalue weighted by Crippen LogP contribution is -2.15. The van der Waals surface area contributed by atoms with Crippen LogP contribution in [0.25, 0.3) is 0 Å². The van der Waals surface area contributed by atoms with Crippen LogP contribution in [0.1, 0.15) is 16.8 Å². The van der Waals surface area contributed by atoms with Gasteiger partial charge in [-0.3, -0.25) is 4.98 Å². The summed E-state index contributed by atoms with van der Waals surface area (Å²) in [4.78, 5) is 4.33. The molecule has 1 aromatic heterocycles. The topological polar surface area (TPSA) is 34.1 Å². The Morgan fingerprint density at radius 1 is 1.11 bits per heavy atom. The van der Waals surface area contributed by atoms with Crippen LogP contribution in [0.15, 0.2) is 47.1 Å². The van der Waals surface area contributed by atoms with Gasteiger partial charge in [0.2, 0.25) is 0 Å². The predicted octanol–water partition coefficient (Wildman–Crippen LogP) is 3.28. The van der Waals surface area contributed by atoms with Crippen LogP contribution < -0.4 is 5.32 Å². The molecule has 0 saturated carbocycles. The number of methoxy groups -OCH3 is 1. The quantitative estimate of drug-likeness (QED) is 0.887. The molecule has 19 heavy (non-hydrogen) atoms. The Hall–Kier alpha value is -1.23. The van der Waals surface area contributed by atoms with Crippen molar-refractivity contribution in [2.75, 3.05) is 7.11 Å². The minimum absolute atomic E-state index is 0.647. The number of halogens is 1. The van der Waals surface area contributed by atoms with Crippen LogP contribution in [0.4, 0.5) is 0 Å². The molecule has 0 aliphatic heterocycles. The zero-order valence-electron chi connectivity index (χ0n) is 10.9. The lowest BCUT2D eigenvalue weighted by Gasteiger charge is -2.09. The molecule has 1 heterocycles. The van der Waals surface area contributed by atoms with E-state index in [0.29, 0.717) is 6.61 Å². The highest BCUT2D eigenvalue weighted by molar-refractivity contribution is 9.10. The van der Waals surface area contributed by atoms with Crippen LogP contribution in [-0.4, -0.2) is 12.1 Å². The van der Waals surface area contributed by atoms with E-state index in [4.69, 9.17) is 4.74 Å². The average molecular weight is 321 g/mol. The van der Waals surface area contributed by atoms with Crippen molar-refractivity contribution in [1.29, 1.82) is 0 Å². The second-order valence-corrected chi connectivity index (χ2v) is 5.19. The number of rotatable bonds is 6. The number of ether oxygens (including phenoxy) is 1. The van der Waals surface area contributed by atoms with Gasteiger partial charge in [-0.2, -0.15) is 0 Å². The van der Waals surface area contributed by atoms with Crippen LogP contribution in [0.3, 0.4) is 0 Å². The van der Waals surface area contributed by atoms with Gasteiger partial charge < -0.3 is 10.1 Å². The van der Waals surface area contributed by atoms with Gasteiger partial charge in [0, 0.05) is 30.9 Å². The molecule has 0 bridgehead atoms. The highest BCUT2D eigenvalue weighted by atomic mass is 79.9. The fourth-order valence-corrected chi connectivity index (χ4v) is 2.10. The summed E-state index contributed by atoms with van der Waals surface area (Å²) in [6, 6.07) is 12.3. The molecular formula is C15H17BrN2O. The molecule has 0 unspecified atom stereocenters. The standard InChI is InChI=1S/C15H17BrN2O/c1-19-11-13-5-3-2-4-12(13)8-17-10-15-7-6-14(16)9-18-15/h2-7,9,17H,8,10-11H2,1H3. The van der Waals surface area contributed by atoms with E-state index < -0.39 is 0 Å². The third-order valence-corrected chi connectivity index (χ3v) is 3.30. The highest BCUT2D eigenvalue weighted by Crippen LogP contribution is 2.10. The van der Waals surface area contributed by atoms with E-state index in [-0.39, 0.29) is 0 Å². The third-order valence-electron chi connectivity index (χ3n) is 2.83. The van der Waals surface area contributed by atoms with Gasteiger partial charge in [-0.25, -0.2) is 0 Å². The minimum atomic E-state index is 0.647. The van der Waals surface area contributed by atoms with Crippen LogP contribution in [0.2, 0.25) is 0 Å². The van der Waals surface area contributed by atoms with Gasteiger partial charge >= 0.3 is 0 Å². The van der Waals surface area contributed by atoms with Gasteiger partial charge in [-0.1, -0.05) is 24.3 Å². The first-order valence-electron chi connectivity index (χ1n) is 6.16. The van der Waals surface area contributed by atoms with E-state index in [1.165, 1.54) is 11.1 Å². The van der Waals surface area contributed by atoms with E-state index >= 15 is 0 Å². The molecule has 0 fully saturated rings. The highest BCUT2D eigenvalue weighted by Gasteiger charge is 2.01. The van der Waals surface area contributed by atoms with E-state index in [1.54, 1.807) is 7.11 Å². The van der Waals surface area contributed by atoms with Gasteiger partial charge in [0.25, 0.3) is 0 Å². The maximum atomic E-state index is 5.20. The molecule has 0 aliphatic rings. The Balaban J connectivity index is 1.90. The molecule has 1 N–H and O–H groups in total. The van der Waals surface area contributed by atoms with Crippen molar-refractivity contribution in [3.05, 3.63) is 63.9 Å². The average Bonchev–Trinajstić information content (AvgIpc) is 2.43. The summed E-state index contributed by atoms with van der Waals surface area (Å²) in [5, 5.41) is 3.40. The summed E-state index contributed by atoms with van der Waals surface area (Å²) in [5.74, 6) is 0. The smallest absolute Gasteiger partial charge is 0.0716 e. The van der Waals surface area contributed by atoms with Crippen molar-refractivity contribution in [2.24, 2.45) is 0 Å². The van der Waals surface area contributed by atoms with Gasteiger partial charge in [0.1, 0.15) is 0 Å². The Bertz CT molecular complexity index is 514. The Morgan fingerprint density at radius 3 is 2.58 bits per heavy atom. The molecule has 0 spiro atoms. The molecule has 0 saturated heterocycles. The SMILES string of the molecule is COCc1ccccc1CNCc1ccc(Br)cn1. The van der Waals surface area contributed by atoms with Crippen molar-refractivity contribution in [1.82, 2.24) is 10.3 Å². The first kappa shape index (κ1) is 14.2. The molecule has 1 aromatic carbocycles. The number of pyridine rings is 1. The van der Waals surface area contributed by atoms with E-state index in [0.717, 1.165) is 23.3 Å². The summed E-state index contributed by atoms with van der Waals surface area (Å²) in [6.45, 7) is 2.22. The molecule has 100 valence electrons. The summed E-state index contributed by atoms with van der Waals surface area (Å²) in [7, 11) is 1.72. The van der Waals surface area contributed by atoms with Crippen LogP contribution in [0.5, 0.6) is 0 Å². The number of nitrogens with one attached hydrogen (secondary N) is 1. The fourth-order valence-electron chi connectivity index (χ4n) is 1.86. The van der Waals surface area contributed by atoms with E-state index in [2.05, 4.69) is 38.4 Å². The van der Waals surface area contributed by atoms with E-state index in [1.807, 2.05) is 30.5 Å². The first-order valence-corrected chi connectivity index (χ1v) is 6.96. The second-order valence-electron chi connectivity index (χ2n) is 4.27. The summed E-state index contributed by atoms with van der Waals surface area (Å²) in [5.41, 5.74) is 3.52. The lowest BCUT2D eigenvalue weighted by atomic mass is 10.1. The van der Waals surface area contributed by atoms with Crippen molar-refractivity contribution in [3.63, 3.8) is 0 Å². The van der Waals surface area contributed by atoms with Crippen molar-refractivity contribution in [3.8, 4) is 0 Å². The fraction of sp³-hybridized carbons (Fsp3) is 0.267. The first-order chi connectivity index (χ1) is 9.29.